The van der Waals surface area contributed by atoms with E-state index in [1.165, 1.54) is 11.1 Å². The van der Waals surface area contributed by atoms with E-state index in [-0.39, 0.29) is 6.04 Å². The second-order valence-electron chi connectivity index (χ2n) is 4.87. The summed E-state index contributed by atoms with van der Waals surface area (Å²) in [6, 6.07) is 14.1. The van der Waals surface area contributed by atoms with Gasteiger partial charge < -0.3 is 10.5 Å². The van der Waals surface area contributed by atoms with Gasteiger partial charge in [0.2, 0.25) is 0 Å². The number of hydrogen-bond acceptors (Lipinski definition) is 2. The van der Waals surface area contributed by atoms with Gasteiger partial charge in [0, 0.05) is 16.6 Å². The van der Waals surface area contributed by atoms with Gasteiger partial charge in [0.05, 0.1) is 7.11 Å². The van der Waals surface area contributed by atoms with Crippen LogP contribution in [0, 0.1) is 0 Å². The van der Waals surface area contributed by atoms with Gasteiger partial charge in [-0.2, -0.15) is 0 Å². The smallest absolute Gasteiger partial charge is 0.125 e. The number of nitrogens with two attached hydrogens (primary N) is 1. The molecule has 0 spiro atoms. The summed E-state index contributed by atoms with van der Waals surface area (Å²) in [7, 11) is 1.64. The van der Waals surface area contributed by atoms with Crippen molar-refractivity contribution in [1.82, 2.24) is 0 Å². The zero-order chi connectivity index (χ0) is 14.5. The Bertz CT molecular complexity index is 566. The molecule has 1 atom stereocenters. The van der Waals surface area contributed by atoms with Gasteiger partial charge in [-0.1, -0.05) is 48.9 Å². The van der Waals surface area contributed by atoms with Crippen LogP contribution in [0.4, 0.5) is 0 Å². The van der Waals surface area contributed by atoms with E-state index in [2.05, 4.69) is 31.2 Å². The normalized spacial score (nSPS) is 12.2. The molecule has 2 aromatic carbocycles. The molecule has 0 aliphatic carbocycles. The van der Waals surface area contributed by atoms with Crippen molar-refractivity contribution in [3.63, 3.8) is 0 Å². The van der Waals surface area contributed by atoms with Crippen LogP contribution in [0.3, 0.4) is 0 Å². The van der Waals surface area contributed by atoms with Crippen molar-refractivity contribution < 1.29 is 4.74 Å². The van der Waals surface area contributed by atoms with Crippen LogP contribution >= 0.6 is 11.6 Å². The zero-order valence-electron chi connectivity index (χ0n) is 11.9. The topological polar surface area (TPSA) is 35.2 Å². The van der Waals surface area contributed by atoms with E-state index < -0.39 is 0 Å². The van der Waals surface area contributed by atoms with Gasteiger partial charge in [-0.05, 0) is 36.1 Å². The molecule has 2 N–H and O–H groups in total. The minimum Gasteiger partial charge on any atom is -0.496 e. The molecule has 0 aliphatic heterocycles. The molecule has 0 bridgehead atoms. The van der Waals surface area contributed by atoms with Gasteiger partial charge in [0.15, 0.2) is 0 Å². The third-order valence-corrected chi connectivity index (χ3v) is 3.72. The van der Waals surface area contributed by atoms with Crippen molar-refractivity contribution in [1.29, 1.82) is 0 Å². The molecule has 2 rings (SSSR count). The van der Waals surface area contributed by atoms with Gasteiger partial charge in [0.25, 0.3) is 0 Å². The van der Waals surface area contributed by atoms with E-state index >= 15 is 0 Å². The molecular weight excluding hydrogens is 270 g/mol. The average Bonchev–Trinajstić information content (AvgIpc) is 2.47. The van der Waals surface area contributed by atoms with Crippen molar-refractivity contribution in [3.05, 3.63) is 64.2 Å². The molecule has 0 aliphatic rings. The molecule has 1 unspecified atom stereocenters. The lowest BCUT2D eigenvalue weighted by atomic mass is 9.98. The number of rotatable bonds is 5. The van der Waals surface area contributed by atoms with Crippen LogP contribution in [0.5, 0.6) is 5.75 Å². The number of benzene rings is 2. The first kappa shape index (κ1) is 14.9. The number of aryl methyl sites for hydroxylation is 1. The highest BCUT2D eigenvalue weighted by Gasteiger charge is 2.13. The highest BCUT2D eigenvalue weighted by Crippen LogP contribution is 2.29. The van der Waals surface area contributed by atoms with Gasteiger partial charge in [-0.25, -0.2) is 0 Å². The number of hydrogen-bond donors (Lipinski definition) is 1. The first-order valence-electron chi connectivity index (χ1n) is 6.81. The van der Waals surface area contributed by atoms with E-state index in [1.54, 1.807) is 13.2 Å². The van der Waals surface area contributed by atoms with Crippen LogP contribution in [-0.2, 0) is 12.8 Å². The predicted octanol–water partition coefficient (Wildman–Crippen LogP) is 4.15. The maximum atomic E-state index is 6.30. The Hall–Kier alpha value is -1.51. The van der Waals surface area contributed by atoms with Gasteiger partial charge in [0.1, 0.15) is 5.75 Å². The molecule has 0 radical (unpaired) electrons. The maximum Gasteiger partial charge on any atom is 0.125 e. The Morgan fingerprint density at radius 2 is 1.75 bits per heavy atom. The minimum absolute atomic E-state index is 0.102. The highest BCUT2D eigenvalue weighted by atomic mass is 35.5. The summed E-state index contributed by atoms with van der Waals surface area (Å²) in [5, 5.41) is 0.657. The van der Waals surface area contributed by atoms with E-state index in [4.69, 9.17) is 22.1 Å². The van der Waals surface area contributed by atoms with E-state index in [9.17, 15) is 0 Å². The zero-order valence-corrected chi connectivity index (χ0v) is 12.7. The van der Waals surface area contributed by atoms with Gasteiger partial charge >= 0.3 is 0 Å². The van der Waals surface area contributed by atoms with Gasteiger partial charge in [-0.15, -0.1) is 0 Å². The SMILES string of the molecule is CCc1ccc(CC(N)c2ccc(Cl)cc2OC)cc1. The van der Waals surface area contributed by atoms with Crippen molar-refractivity contribution >= 4 is 11.6 Å². The van der Waals surface area contributed by atoms with Crippen LogP contribution in [0.1, 0.15) is 29.7 Å². The molecule has 0 saturated heterocycles. The largest absolute Gasteiger partial charge is 0.496 e. The van der Waals surface area contributed by atoms with Gasteiger partial charge in [-0.3, -0.25) is 0 Å². The maximum absolute atomic E-state index is 6.30. The lowest BCUT2D eigenvalue weighted by molar-refractivity contribution is 0.405. The summed E-state index contributed by atoms with van der Waals surface area (Å²) in [5.41, 5.74) is 9.85. The molecular formula is C17H20ClNO. The lowest BCUT2D eigenvalue weighted by Gasteiger charge is -2.16. The van der Waals surface area contributed by atoms with E-state index in [0.717, 1.165) is 24.2 Å². The average molecular weight is 290 g/mol. The molecule has 0 fully saturated rings. The Balaban J connectivity index is 2.16. The molecule has 2 nitrogen and oxygen atoms in total. The first-order chi connectivity index (χ1) is 9.63. The monoisotopic (exact) mass is 289 g/mol. The first-order valence-corrected chi connectivity index (χ1v) is 7.18. The fourth-order valence-electron chi connectivity index (χ4n) is 2.27. The fraction of sp³-hybridized carbons (Fsp3) is 0.294. The lowest BCUT2D eigenvalue weighted by Crippen LogP contribution is -2.14. The Morgan fingerprint density at radius 3 is 2.35 bits per heavy atom. The van der Waals surface area contributed by atoms with Crippen LogP contribution in [-0.4, -0.2) is 7.11 Å². The van der Waals surface area contributed by atoms with Crippen molar-refractivity contribution in [3.8, 4) is 5.75 Å². The summed E-state index contributed by atoms with van der Waals surface area (Å²) in [6.45, 7) is 2.15. The molecule has 20 heavy (non-hydrogen) atoms. The summed E-state index contributed by atoms with van der Waals surface area (Å²) in [6.07, 6.45) is 1.83. The second-order valence-corrected chi connectivity index (χ2v) is 5.30. The summed E-state index contributed by atoms with van der Waals surface area (Å²) in [5.74, 6) is 0.746. The third kappa shape index (κ3) is 3.53. The predicted molar refractivity (Wildman–Crippen MR) is 84.5 cm³/mol. The van der Waals surface area contributed by atoms with Crippen LogP contribution in [0.15, 0.2) is 42.5 Å². The second kappa shape index (κ2) is 6.78. The number of halogens is 1. The van der Waals surface area contributed by atoms with Crippen molar-refractivity contribution in [2.24, 2.45) is 5.73 Å². The Morgan fingerprint density at radius 1 is 1.10 bits per heavy atom. The van der Waals surface area contributed by atoms with Crippen molar-refractivity contribution in [2.45, 2.75) is 25.8 Å². The fourth-order valence-corrected chi connectivity index (χ4v) is 2.43. The number of methoxy groups -OCH3 is 1. The van der Waals surface area contributed by atoms with Crippen LogP contribution < -0.4 is 10.5 Å². The standard InChI is InChI=1S/C17H20ClNO/c1-3-12-4-6-13(7-5-12)10-16(19)15-9-8-14(18)11-17(15)20-2/h4-9,11,16H,3,10,19H2,1-2H3. The molecule has 0 aromatic heterocycles. The van der Waals surface area contributed by atoms with E-state index in [0.29, 0.717) is 5.02 Å². The molecule has 0 heterocycles. The molecule has 0 saturated carbocycles. The highest BCUT2D eigenvalue weighted by molar-refractivity contribution is 6.30. The Labute approximate surface area is 125 Å². The summed E-state index contributed by atoms with van der Waals surface area (Å²) in [4.78, 5) is 0. The molecule has 2 aromatic rings. The van der Waals surface area contributed by atoms with Crippen molar-refractivity contribution in [2.75, 3.05) is 7.11 Å². The molecule has 106 valence electrons. The Kier molecular flexibility index (Phi) is 5.05. The summed E-state index contributed by atoms with van der Waals surface area (Å²) < 4.78 is 5.36. The van der Waals surface area contributed by atoms with Crippen LogP contribution in [0.25, 0.3) is 0 Å². The number of ether oxygens (including phenoxy) is 1. The third-order valence-electron chi connectivity index (χ3n) is 3.48. The van der Waals surface area contributed by atoms with E-state index in [1.807, 2.05) is 12.1 Å². The molecule has 3 heteroatoms. The molecule has 0 amide bonds. The van der Waals surface area contributed by atoms with Crippen LogP contribution in [0.2, 0.25) is 5.02 Å². The quantitative estimate of drug-likeness (QED) is 0.897. The minimum atomic E-state index is -0.102. The summed E-state index contributed by atoms with van der Waals surface area (Å²) >= 11 is 5.97.